The van der Waals surface area contributed by atoms with E-state index in [0.717, 1.165) is 15.1 Å². The fourth-order valence-electron chi connectivity index (χ4n) is 1.11. The molecule has 0 aliphatic carbocycles. The van der Waals surface area contributed by atoms with Crippen molar-refractivity contribution < 1.29 is 0 Å². The molecular formula is C10H10BrN3OS. The Morgan fingerprint density at radius 1 is 1.69 bits per heavy atom. The van der Waals surface area contributed by atoms with Crippen LogP contribution in [0.4, 0.5) is 0 Å². The van der Waals surface area contributed by atoms with Crippen molar-refractivity contribution in [3.63, 3.8) is 0 Å². The van der Waals surface area contributed by atoms with Crippen molar-refractivity contribution >= 4 is 39.6 Å². The summed E-state index contributed by atoms with van der Waals surface area (Å²) in [4.78, 5) is 18.2. The van der Waals surface area contributed by atoms with Crippen LogP contribution in [-0.4, -0.2) is 11.7 Å². The molecule has 1 aromatic heterocycles. The van der Waals surface area contributed by atoms with Crippen LogP contribution >= 0.6 is 27.3 Å². The van der Waals surface area contributed by atoms with Gasteiger partial charge in [0.1, 0.15) is 11.6 Å². The smallest absolute Gasteiger partial charge is 0.133 e. The predicted octanol–water partition coefficient (Wildman–Crippen LogP) is 3.79. The average Bonchev–Trinajstić information content (AvgIpc) is 2.60. The van der Waals surface area contributed by atoms with Gasteiger partial charge in [0, 0.05) is 11.8 Å². The van der Waals surface area contributed by atoms with Gasteiger partial charge >= 0.3 is 0 Å². The summed E-state index contributed by atoms with van der Waals surface area (Å²) < 4.78 is 0.860. The second-order valence-electron chi connectivity index (χ2n) is 2.78. The van der Waals surface area contributed by atoms with Crippen LogP contribution in [0.3, 0.4) is 0 Å². The van der Waals surface area contributed by atoms with Crippen LogP contribution in [0.15, 0.2) is 32.3 Å². The number of aromatic nitrogens is 1. The number of rotatable bonds is 5. The fourth-order valence-corrected chi connectivity index (χ4v) is 2.70. The standard InChI is InChI=1S/C10H10BrN3OS/c1-3-4-7(5-12-2)9-10(11)16-8(14-9)6-13-15/h3-5H,2,6H2,1H3/b4-3-,7-5+. The number of nitroso groups, excluding NO2 is 1. The first-order chi connectivity index (χ1) is 7.72. The minimum atomic E-state index is 0.0912. The maximum absolute atomic E-state index is 10.2. The van der Waals surface area contributed by atoms with E-state index in [2.05, 4.69) is 37.8 Å². The summed E-state index contributed by atoms with van der Waals surface area (Å²) in [5, 5.41) is 3.49. The maximum atomic E-state index is 10.2. The van der Waals surface area contributed by atoms with E-state index in [-0.39, 0.29) is 6.54 Å². The zero-order valence-corrected chi connectivity index (χ0v) is 11.1. The highest BCUT2D eigenvalue weighted by atomic mass is 79.9. The molecule has 1 heterocycles. The first-order valence-corrected chi connectivity index (χ1v) is 6.07. The van der Waals surface area contributed by atoms with Crippen molar-refractivity contribution in [3.05, 3.63) is 37.7 Å². The highest BCUT2D eigenvalue weighted by Gasteiger charge is 2.11. The van der Waals surface area contributed by atoms with E-state index in [1.165, 1.54) is 11.3 Å². The Kier molecular flexibility index (Phi) is 5.21. The van der Waals surface area contributed by atoms with Crippen molar-refractivity contribution in [3.8, 4) is 0 Å². The lowest BCUT2D eigenvalue weighted by Crippen LogP contribution is -1.84. The Hall–Kier alpha value is -1.14. The van der Waals surface area contributed by atoms with Crippen molar-refractivity contribution in [1.29, 1.82) is 0 Å². The number of hydrogen-bond donors (Lipinski definition) is 0. The van der Waals surface area contributed by atoms with E-state index in [0.29, 0.717) is 5.01 Å². The van der Waals surface area contributed by atoms with Gasteiger partial charge < -0.3 is 0 Å². The lowest BCUT2D eigenvalue weighted by atomic mass is 10.2. The van der Waals surface area contributed by atoms with Crippen molar-refractivity contribution in [2.24, 2.45) is 10.2 Å². The monoisotopic (exact) mass is 299 g/mol. The summed E-state index contributed by atoms with van der Waals surface area (Å²) in [5.74, 6) is 0. The SMILES string of the molecule is C=N/C=C(\C=C/C)c1nc(CN=O)sc1Br. The molecular weight excluding hydrogens is 290 g/mol. The van der Waals surface area contributed by atoms with E-state index in [9.17, 15) is 4.91 Å². The highest BCUT2D eigenvalue weighted by molar-refractivity contribution is 9.11. The molecule has 0 aliphatic rings. The third-order valence-corrected chi connectivity index (χ3v) is 3.37. The van der Waals surface area contributed by atoms with Crippen LogP contribution in [0.2, 0.25) is 0 Å². The average molecular weight is 300 g/mol. The molecule has 0 spiro atoms. The zero-order valence-electron chi connectivity index (χ0n) is 8.68. The first kappa shape index (κ1) is 12.9. The number of allylic oxidation sites excluding steroid dienone is 3. The van der Waals surface area contributed by atoms with E-state index >= 15 is 0 Å². The Balaban J connectivity index is 3.14. The predicted molar refractivity (Wildman–Crippen MR) is 71.7 cm³/mol. The van der Waals surface area contributed by atoms with Crippen molar-refractivity contribution in [2.75, 3.05) is 0 Å². The molecule has 1 aromatic rings. The molecule has 6 heteroatoms. The molecule has 0 atom stereocenters. The van der Waals surface area contributed by atoms with Gasteiger partial charge in [-0.1, -0.05) is 17.3 Å². The molecule has 0 bridgehead atoms. The van der Waals surface area contributed by atoms with Gasteiger partial charge in [0.15, 0.2) is 0 Å². The maximum Gasteiger partial charge on any atom is 0.133 e. The molecule has 1 rings (SSSR count). The van der Waals surface area contributed by atoms with E-state index in [1.54, 1.807) is 6.20 Å². The fraction of sp³-hybridized carbons (Fsp3) is 0.200. The third-order valence-electron chi connectivity index (χ3n) is 1.68. The second kappa shape index (κ2) is 6.44. The minimum absolute atomic E-state index is 0.0912. The van der Waals surface area contributed by atoms with Gasteiger partial charge in [0.2, 0.25) is 0 Å². The number of aliphatic imine (C=N–C) groups is 1. The lowest BCUT2D eigenvalue weighted by Gasteiger charge is -1.96. The number of halogens is 1. The Morgan fingerprint density at radius 3 is 3.00 bits per heavy atom. The van der Waals surface area contributed by atoms with Gasteiger partial charge in [-0.2, -0.15) is 4.91 Å². The Bertz CT molecular complexity index is 451. The molecule has 0 fully saturated rings. The van der Waals surface area contributed by atoms with E-state index in [1.807, 2.05) is 19.1 Å². The largest absolute Gasteiger partial charge is 0.272 e. The molecule has 0 radical (unpaired) electrons. The van der Waals surface area contributed by atoms with Gasteiger partial charge in [-0.25, -0.2) is 4.98 Å². The highest BCUT2D eigenvalue weighted by Crippen LogP contribution is 2.31. The molecule has 0 amide bonds. The van der Waals surface area contributed by atoms with Gasteiger partial charge in [-0.3, -0.25) is 4.99 Å². The number of hydrogen-bond acceptors (Lipinski definition) is 5. The molecule has 4 nitrogen and oxygen atoms in total. The normalized spacial score (nSPS) is 12.0. The topological polar surface area (TPSA) is 54.7 Å². The summed E-state index contributed by atoms with van der Waals surface area (Å²) in [5.41, 5.74) is 1.60. The van der Waals surface area contributed by atoms with Crippen molar-refractivity contribution in [2.45, 2.75) is 13.5 Å². The molecule has 16 heavy (non-hydrogen) atoms. The summed E-state index contributed by atoms with van der Waals surface area (Å²) in [7, 11) is 0. The van der Waals surface area contributed by atoms with Gasteiger partial charge in [-0.05, 0) is 29.6 Å². The van der Waals surface area contributed by atoms with Gasteiger partial charge in [0.05, 0.1) is 9.48 Å². The Labute approximate surface area is 106 Å². The van der Waals surface area contributed by atoms with Crippen LogP contribution in [0.25, 0.3) is 5.57 Å². The molecule has 84 valence electrons. The molecule has 0 unspecified atom stereocenters. The summed E-state index contributed by atoms with van der Waals surface area (Å²) in [6.07, 6.45) is 5.39. The van der Waals surface area contributed by atoms with Crippen LogP contribution in [0, 0.1) is 4.91 Å². The number of thiazole rings is 1. The van der Waals surface area contributed by atoms with Gasteiger partial charge in [0.25, 0.3) is 0 Å². The van der Waals surface area contributed by atoms with Crippen LogP contribution in [0.5, 0.6) is 0 Å². The van der Waals surface area contributed by atoms with Gasteiger partial charge in [-0.15, -0.1) is 11.3 Å². The summed E-state index contributed by atoms with van der Waals surface area (Å²) in [6, 6.07) is 0. The summed E-state index contributed by atoms with van der Waals surface area (Å²) in [6.45, 7) is 5.41. The zero-order chi connectivity index (χ0) is 12.0. The quantitative estimate of drug-likeness (QED) is 0.472. The summed E-state index contributed by atoms with van der Waals surface area (Å²) >= 11 is 4.80. The molecule has 0 saturated carbocycles. The van der Waals surface area contributed by atoms with E-state index in [4.69, 9.17) is 0 Å². The van der Waals surface area contributed by atoms with Crippen LogP contribution in [-0.2, 0) is 6.54 Å². The third kappa shape index (κ3) is 3.18. The van der Waals surface area contributed by atoms with Crippen molar-refractivity contribution in [1.82, 2.24) is 4.98 Å². The van der Waals surface area contributed by atoms with Crippen LogP contribution in [0.1, 0.15) is 17.6 Å². The lowest BCUT2D eigenvalue weighted by molar-refractivity contribution is 1.02. The Morgan fingerprint density at radius 2 is 2.44 bits per heavy atom. The first-order valence-electron chi connectivity index (χ1n) is 4.46. The second-order valence-corrected chi connectivity index (χ2v) is 5.19. The molecule has 0 aliphatic heterocycles. The number of nitrogens with zero attached hydrogens (tertiary/aromatic N) is 3. The molecule has 0 aromatic carbocycles. The minimum Gasteiger partial charge on any atom is -0.272 e. The van der Waals surface area contributed by atoms with E-state index < -0.39 is 0 Å². The van der Waals surface area contributed by atoms with Crippen LogP contribution < -0.4 is 0 Å². The molecule has 0 saturated heterocycles. The molecule has 0 N–H and O–H groups in total.